The second-order valence-corrected chi connectivity index (χ2v) is 3.14. The number of fused-ring (bicyclic) bond motifs is 1. The number of Topliss-reactive ketones (excluding diaryl/α,β-unsaturated/α-hetero) is 1. The number of guanidine groups is 1. The summed E-state index contributed by atoms with van der Waals surface area (Å²) in [5, 5.41) is 3.12. The van der Waals surface area contributed by atoms with Crippen molar-refractivity contribution >= 4 is 11.7 Å². The Kier molecular flexibility index (Phi) is 1.60. The molecule has 0 aliphatic carbocycles. The van der Waals surface area contributed by atoms with E-state index in [4.69, 9.17) is 0 Å². The van der Waals surface area contributed by atoms with Crippen molar-refractivity contribution in [1.82, 2.24) is 10.2 Å². The van der Waals surface area contributed by atoms with Crippen LogP contribution in [0.5, 0.6) is 0 Å². The molecule has 4 heteroatoms. The SMILES string of the molecule is C=C1CNC2=NCC(=O)CN2C1. The first-order valence-corrected chi connectivity index (χ1v) is 3.97. The third-order valence-electron chi connectivity index (χ3n) is 1.98. The van der Waals surface area contributed by atoms with E-state index >= 15 is 0 Å². The van der Waals surface area contributed by atoms with Gasteiger partial charge in [-0.15, -0.1) is 0 Å². The quantitative estimate of drug-likeness (QED) is 0.487. The molecular formula is C8H11N3O. The molecule has 1 N–H and O–H groups in total. The van der Waals surface area contributed by atoms with Crippen molar-refractivity contribution in [2.24, 2.45) is 4.99 Å². The molecule has 0 unspecified atom stereocenters. The molecule has 0 atom stereocenters. The highest BCUT2D eigenvalue weighted by atomic mass is 16.1. The van der Waals surface area contributed by atoms with Crippen LogP contribution in [0.4, 0.5) is 0 Å². The normalized spacial score (nSPS) is 23.0. The van der Waals surface area contributed by atoms with E-state index in [0.717, 1.165) is 24.6 Å². The summed E-state index contributed by atoms with van der Waals surface area (Å²) >= 11 is 0. The van der Waals surface area contributed by atoms with E-state index in [-0.39, 0.29) is 5.78 Å². The lowest BCUT2D eigenvalue weighted by molar-refractivity contribution is -0.118. The Balaban J connectivity index is 2.17. The smallest absolute Gasteiger partial charge is 0.195 e. The molecule has 0 aromatic heterocycles. The van der Waals surface area contributed by atoms with E-state index in [9.17, 15) is 4.79 Å². The van der Waals surface area contributed by atoms with Gasteiger partial charge in [0.1, 0.15) is 6.54 Å². The number of nitrogens with one attached hydrogen (secondary N) is 1. The molecule has 12 heavy (non-hydrogen) atoms. The molecular weight excluding hydrogens is 154 g/mol. The summed E-state index contributed by atoms with van der Waals surface area (Å²) in [6.45, 7) is 6.20. The van der Waals surface area contributed by atoms with Crippen LogP contribution in [-0.2, 0) is 4.79 Å². The molecule has 0 aromatic rings. The molecule has 2 aliphatic rings. The standard InChI is InChI=1S/C8H11N3O/c1-6-2-9-8-10-3-7(12)5-11(8)4-6/h1-5H2,(H,9,10). The van der Waals surface area contributed by atoms with Crippen molar-refractivity contribution in [2.75, 3.05) is 26.2 Å². The van der Waals surface area contributed by atoms with Crippen molar-refractivity contribution in [3.05, 3.63) is 12.2 Å². The van der Waals surface area contributed by atoms with Crippen molar-refractivity contribution < 1.29 is 4.79 Å². The molecule has 4 nitrogen and oxygen atoms in total. The maximum atomic E-state index is 11.0. The van der Waals surface area contributed by atoms with Gasteiger partial charge in [0.25, 0.3) is 0 Å². The first-order valence-electron chi connectivity index (χ1n) is 3.97. The molecule has 0 saturated carbocycles. The highest BCUT2D eigenvalue weighted by Gasteiger charge is 2.23. The highest BCUT2D eigenvalue weighted by molar-refractivity contribution is 5.94. The van der Waals surface area contributed by atoms with Crippen LogP contribution in [0.3, 0.4) is 0 Å². The molecule has 2 aliphatic heterocycles. The van der Waals surface area contributed by atoms with E-state index < -0.39 is 0 Å². The van der Waals surface area contributed by atoms with Gasteiger partial charge < -0.3 is 10.2 Å². The molecule has 1 fully saturated rings. The van der Waals surface area contributed by atoms with Gasteiger partial charge in [-0.1, -0.05) is 6.58 Å². The molecule has 64 valence electrons. The van der Waals surface area contributed by atoms with Gasteiger partial charge in [0.2, 0.25) is 0 Å². The Hall–Kier alpha value is -1.32. The average molecular weight is 165 g/mol. The lowest BCUT2D eigenvalue weighted by Crippen LogP contribution is -2.53. The zero-order valence-electron chi connectivity index (χ0n) is 6.84. The van der Waals surface area contributed by atoms with Gasteiger partial charge in [0.05, 0.1) is 6.54 Å². The molecule has 1 saturated heterocycles. The van der Waals surface area contributed by atoms with Crippen molar-refractivity contribution in [2.45, 2.75) is 0 Å². The zero-order valence-corrected chi connectivity index (χ0v) is 6.84. The van der Waals surface area contributed by atoms with E-state index in [2.05, 4.69) is 16.9 Å². The van der Waals surface area contributed by atoms with Crippen molar-refractivity contribution in [3.8, 4) is 0 Å². The summed E-state index contributed by atoms with van der Waals surface area (Å²) in [6, 6.07) is 0. The average Bonchev–Trinajstić information content (AvgIpc) is 2.03. The first kappa shape index (κ1) is 7.34. The van der Waals surface area contributed by atoms with E-state index in [1.54, 1.807) is 0 Å². The zero-order chi connectivity index (χ0) is 8.55. The molecule has 0 bridgehead atoms. The largest absolute Gasteiger partial charge is 0.352 e. The minimum atomic E-state index is 0.176. The number of rotatable bonds is 0. The lowest BCUT2D eigenvalue weighted by Gasteiger charge is -2.33. The fourth-order valence-corrected chi connectivity index (χ4v) is 1.43. The Morgan fingerprint density at radius 3 is 3.17 bits per heavy atom. The molecule has 0 aromatic carbocycles. The summed E-state index contributed by atoms with van der Waals surface area (Å²) in [6.07, 6.45) is 0. The van der Waals surface area contributed by atoms with Gasteiger partial charge in [-0.05, 0) is 5.57 Å². The van der Waals surface area contributed by atoms with Crippen LogP contribution in [0.25, 0.3) is 0 Å². The maximum absolute atomic E-state index is 11.0. The fraction of sp³-hybridized carbons (Fsp3) is 0.500. The maximum Gasteiger partial charge on any atom is 0.195 e. The van der Waals surface area contributed by atoms with Crippen LogP contribution >= 0.6 is 0 Å². The number of carbonyl (C=O) groups excluding carboxylic acids is 1. The van der Waals surface area contributed by atoms with Crippen LogP contribution in [0.1, 0.15) is 0 Å². The summed E-state index contributed by atoms with van der Waals surface area (Å²) in [4.78, 5) is 17.1. The van der Waals surface area contributed by atoms with E-state index in [0.29, 0.717) is 13.1 Å². The minimum absolute atomic E-state index is 0.176. The van der Waals surface area contributed by atoms with Gasteiger partial charge >= 0.3 is 0 Å². The highest BCUT2D eigenvalue weighted by Crippen LogP contribution is 2.06. The van der Waals surface area contributed by atoms with Gasteiger partial charge in [0.15, 0.2) is 11.7 Å². The van der Waals surface area contributed by atoms with Gasteiger partial charge in [0, 0.05) is 13.1 Å². The number of hydrogen-bond acceptors (Lipinski definition) is 4. The summed E-state index contributed by atoms with van der Waals surface area (Å²) < 4.78 is 0. The van der Waals surface area contributed by atoms with E-state index in [1.165, 1.54) is 0 Å². The lowest BCUT2D eigenvalue weighted by atomic mass is 10.2. The number of nitrogens with zero attached hydrogens (tertiary/aromatic N) is 2. The Morgan fingerprint density at radius 2 is 2.33 bits per heavy atom. The minimum Gasteiger partial charge on any atom is -0.352 e. The third kappa shape index (κ3) is 1.20. The predicted molar refractivity (Wildman–Crippen MR) is 46.0 cm³/mol. The second-order valence-electron chi connectivity index (χ2n) is 3.14. The summed E-state index contributed by atoms with van der Waals surface area (Å²) in [7, 11) is 0. The Morgan fingerprint density at radius 1 is 1.50 bits per heavy atom. The van der Waals surface area contributed by atoms with Crippen LogP contribution in [0.15, 0.2) is 17.1 Å². The second kappa shape index (κ2) is 2.62. The van der Waals surface area contributed by atoms with Crippen LogP contribution in [0, 0.1) is 0 Å². The van der Waals surface area contributed by atoms with Crippen LogP contribution in [0.2, 0.25) is 0 Å². The Labute approximate surface area is 71.0 Å². The molecule has 2 heterocycles. The number of ketones is 1. The number of aliphatic imine (C=N–C) groups is 1. The van der Waals surface area contributed by atoms with Crippen LogP contribution in [-0.4, -0.2) is 42.8 Å². The molecule has 0 radical (unpaired) electrons. The van der Waals surface area contributed by atoms with Gasteiger partial charge in [-0.2, -0.15) is 0 Å². The van der Waals surface area contributed by atoms with E-state index in [1.807, 2.05) is 4.90 Å². The molecule has 2 rings (SSSR count). The number of hydrogen-bond donors (Lipinski definition) is 1. The first-order chi connectivity index (χ1) is 5.75. The number of carbonyl (C=O) groups is 1. The third-order valence-corrected chi connectivity index (χ3v) is 1.98. The van der Waals surface area contributed by atoms with Crippen molar-refractivity contribution in [3.63, 3.8) is 0 Å². The van der Waals surface area contributed by atoms with Gasteiger partial charge in [-0.25, -0.2) is 4.99 Å². The fourth-order valence-electron chi connectivity index (χ4n) is 1.43. The van der Waals surface area contributed by atoms with Crippen molar-refractivity contribution in [1.29, 1.82) is 0 Å². The van der Waals surface area contributed by atoms with Gasteiger partial charge in [-0.3, -0.25) is 4.79 Å². The van der Waals surface area contributed by atoms with Crippen LogP contribution < -0.4 is 5.32 Å². The monoisotopic (exact) mass is 165 g/mol. The molecule has 0 spiro atoms. The predicted octanol–water partition coefficient (Wildman–Crippen LogP) is -0.614. The topological polar surface area (TPSA) is 44.7 Å². The summed E-state index contributed by atoms with van der Waals surface area (Å²) in [5.74, 6) is 1.03. The molecule has 0 amide bonds. The Bertz CT molecular complexity index is 269. The summed E-state index contributed by atoms with van der Waals surface area (Å²) in [5.41, 5.74) is 1.10.